The van der Waals surface area contributed by atoms with Crippen molar-refractivity contribution < 1.29 is 9.66 Å². The summed E-state index contributed by atoms with van der Waals surface area (Å²) in [6.45, 7) is 2.36. The Bertz CT molecular complexity index is 832. The number of fused-ring (bicyclic) bond motifs is 1. The number of ether oxygens (including phenoxy) is 1. The maximum atomic E-state index is 10.9. The molecule has 0 unspecified atom stereocenters. The van der Waals surface area contributed by atoms with Gasteiger partial charge in [-0.05, 0) is 18.6 Å². The third-order valence-corrected chi connectivity index (χ3v) is 3.29. The number of aryl methyl sites for hydroxylation is 1. The van der Waals surface area contributed by atoms with Gasteiger partial charge in [-0.25, -0.2) is 9.97 Å². The Kier molecular flexibility index (Phi) is 3.65. The lowest BCUT2D eigenvalue weighted by Gasteiger charge is -2.08. The van der Waals surface area contributed by atoms with Crippen LogP contribution in [0.4, 0.5) is 5.69 Å². The summed E-state index contributed by atoms with van der Waals surface area (Å²) in [4.78, 5) is 18.6. The van der Waals surface area contributed by atoms with Gasteiger partial charge in [-0.2, -0.15) is 0 Å². The molecule has 0 radical (unpaired) electrons. The van der Waals surface area contributed by atoms with Crippen LogP contribution in [-0.4, -0.2) is 14.9 Å². The zero-order valence-electron chi connectivity index (χ0n) is 11.9. The molecule has 0 atom stereocenters. The van der Waals surface area contributed by atoms with Crippen molar-refractivity contribution in [2.24, 2.45) is 0 Å². The molecule has 0 amide bonds. The third-order valence-electron chi connectivity index (χ3n) is 3.29. The summed E-state index contributed by atoms with van der Waals surface area (Å²) < 4.78 is 5.71. The van der Waals surface area contributed by atoms with Crippen molar-refractivity contribution in [3.63, 3.8) is 0 Å². The third kappa shape index (κ3) is 2.85. The van der Waals surface area contributed by atoms with Gasteiger partial charge in [0.2, 0.25) is 5.88 Å². The number of hydrogen-bond donors (Lipinski definition) is 0. The molecule has 0 spiro atoms. The molecule has 0 fully saturated rings. The summed E-state index contributed by atoms with van der Waals surface area (Å²) in [7, 11) is 0. The highest BCUT2D eigenvalue weighted by Crippen LogP contribution is 2.26. The summed E-state index contributed by atoms with van der Waals surface area (Å²) in [5.41, 5.74) is 2.77. The molecule has 110 valence electrons. The van der Waals surface area contributed by atoms with Crippen LogP contribution in [-0.2, 0) is 6.61 Å². The number of nitro benzene ring substituents is 1. The molecule has 3 aromatic rings. The molecule has 6 nitrogen and oxygen atoms in total. The number of nitrogens with zero attached hydrogens (tertiary/aromatic N) is 3. The molecule has 0 N–H and O–H groups in total. The van der Waals surface area contributed by atoms with Gasteiger partial charge in [-0.3, -0.25) is 10.1 Å². The summed E-state index contributed by atoms with van der Waals surface area (Å²) in [6.07, 6.45) is 1.39. The molecular weight excluding hydrogens is 282 g/mol. The number of aromatic nitrogens is 2. The van der Waals surface area contributed by atoms with Gasteiger partial charge in [-0.1, -0.05) is 29.8 Å². The average Bonchev–Trinajstić information content (AvgIpc) is 2.53. The predicted octanol–water partition coefficient (Wildman–Crippen LogP) is 3.43. The fraction of sp³-hybridized carbons (Fsp3) is 0.125. The first kappa shape index (κ1) is 13.9. The Labute approximate surface area is 126 Å². The Hall–Kier alpha value is -3.02. The van der Waals surface area contributed by atoms with Crippen molar-refractivity contribution in [3.05, 3.63) is 70.0 Å². The monoisotopic (exact) mass is 295 g/mol. The van der Waals surface area contributed by atoms with Gasteiger partial charge in [0.1, 0.15) is 12.9 Å². The second-order valence-electron chi connectivity index (χ2n) is 4.91. The molecule has 0 saturated carbocycles. The lowest BCUT2D eigenvalue weighted by molar-refractivity contribution is -0.384. The molecule has 2 aromatic carbocycles. The lowest BCUT2D eigenvalue weighted by Crippen LogP contribution is -1.99. The van der Waals surface area contributed by atoms with Crippen LogP contribution in [0.15, 0.2) is 48.8 Å². The second-order valence-corrected chi connectivity index (χ2v) is 4.91. The van der Waals surface area contributed by atoms with E-state index in [1.165, 1.54) is 24.0 Å². The summed E-state index contributed by atoms with van der Waals surface area (Å²) in [6, 6.07) is 12.4. The molecule has 3 rings (SSSR count). The van der Waals surface area contributed by atoms with Crippen LogP contribution >= 0.6 is 0 Å². The minimum atomic E-state index is -0.448. The molecule has 1 heterocycles. The topological polar surface area (TPSA) is 78.2 Å². The highest BCUT2D eigenvalue weighted by atomic mass is 16.6. The van der Waals surface area contributed by atoms with Crippen LogP contribution in [0.1, 0.15) is 11.1 Å². The van der Waals surface area contributed by atoms with Gasteiger partial charge in [0.05, 0.1) is 15.8 Å². The molecule has 0 aliphatic rings. The molecule has 0 bridgehead atoms. The van der Waals surface area contributed by atoms with E-state index in [0.29, 0.717) is 23.4 Å². The Morgan fingerprint density at radius 2 is 1.91 bits per heavy atom. The van der Waals surface area contributed by atoms with Crippen molar-refractivity contribution in [2.75, 3.05) is 0 Å². The number of benzene rings is 2. The Morgan fingerprint density at radius 1 is 1.14 bits per heavy atom. The minimum Gasteiger partial charge on any atom is -0.472 e. The van der Waals surface area contributed by atoms with Gasteiger partial charge in [0, 0.05) is 12.1 Å². The minimum absolute atomic E-state index is 0.0116. The molecular formula is C16H13N3O3. The SMILES string of the molecule is Cc1ccc(COc2ncnc3ccc([N+](=O)[O-])cc23)cc1. The quantitative estimate of drug-likeness (QED) is 0.544. The summed E-state index contributed by atoms with van der Waals surface area (Å²) in [5.74, 6) is 0.342. The van der Waals surface area contributed by atoms with Crippen molar-refractivity contribution in [3.8, 4) is 5.88 Å². The standard InChI is InChI=1S/C16H13N3O3/c1-11-2-4-12(5-3-11)9-22-16-14-8-13(19(20)21)6-7-15(14)17-10-18-16/h2-8,10H,9H2,1H3. The fourth-order valence-corrected chi connectivity index (χ4v) is 2.09. The van der Waals surface area contributed by atoms with Gasteiger partial charge in [-0.15, -0.1) is 0 Å². The molecule has 1 aromatic heterocycles. The predicted molar refractivity (Wildman–Crippen MR) is 81.7 cm³/mol. The molecule has 22 heavy (non-hydrogen) atoms. The van der Waals surface area contributed by atoms with Gasteiger partial charge < -0.3 is 4.74 Å². The van der Waals surface area contributed by atoms with Crippen LogP contribution in [0.5, 0.6) is 5.88 Å². The van der Waals surface area contributed by atoms with E-state index in [4.69, 9.17) is 4.74 Å². The zero-order valence-corrected chi connectivity index (χ0v) is 11.9. The van der Waals surface area contributed by atoms with Crippen LogP contribution < -0.4 is 4.74 Å². The van der Waals surface area contributed by atoms with Crippen LogP contribution in [0.2, 0.25) is 0 Å². The fourth-order valence-electron chi connectivity index (χ4n) is 2.09. The number of nitro groups is 1. The maximum absolute atomic E-state index is 10.9. The van der Waals surface area contributed by atoms with Crippen molar-refractivity contribution >= 4 is 16.6 Å². The van der Waals surface area contributed by atoms with E-state index in [0.717, 1.165) is 5.56 Å². The highest BCUT2D eigenvalue weighted by molar-refractivity contribution is 5.85. The van der Waals surface area contributed by atoms with Crippen LogP contribution in [0.25, 0.3) is 10.9 Å². The van der Waals surface area contributed by atoms with E-state index in [1.807, 2.05) is 31.2 Å². The van der Waals surface area contributed by atoms with E-state index in [1.54, 1.807) is 6.07 Å². The first-order valence-corrected chi connectivity index (χ1v) is 6.71. The maximum Gasteiger partial charge on any atom is 0.270 e. The summed E-state index contributed by atoms with van der Waals surface area (Å²) in [5, 5.41) is 11.4. The highest BCUT2D eigenvalue weighted by Gasteiger charge is 2.11. The summed E-state index contributed by atoms with van der Waals surface area (Å²) >= 11 is 0. The van der Waals surface area contributed by atoms with E-state index >= 15 is 0 Å². The molecule has 0 saturated heterocycles. The van der Waals surface area contributed by atoms with Crippen molar-refractivity contribution in [1.29, 1.82) is 0 Å². The number of rotatable bonds is 4. The van der Waals surface area contributed by atoms with Crippen molar-refractivity contribution in [1.82, 2.24) is 9.97 Å². The normalized spacial score (nSPS) is 10.6. The lowest BCUT2D eigenvalue weighted by atomic mass is 10.2. The smallest absolute Gasteiger partial charge is 0.270 e. The Balaban J connectivity index is 1.90. The van der Waals surface area contributed by atoms with Gasteiger partial charge in [0.25, 0.3) is 5.69 Å². The van der Waals surface area contributed by atoms with Crippen LogP contribution in [0.3, 0.4) is 0 Å². The van der Waals surface area contributed by atoms with E-state index in [2.05, 4.69) is 9.97 Å². The van der Waals surface area contributed by atoms with E-state index in [9.17, 15) is 10.1 Å². The Morgan fingerprint density at radius 3 is 2.64 bits per heavy atom. The van der Waals surface area contributed by atoms with Crippen LogP contribution in [0, 0.1) is 17.0 Å². The van der Waals surface area contributed by atoms with Crippen molar-refractivity contribution in [2.45, 2.75) is 13.5 Å². The largest absolute Gasteiger partial charge is 0.472 e. The first-order valence-electron chi connectivity index (χ1n) is 6.71. The molecule has 6 heteroatoms. The molecule has 0 aliphatic carbocycles. The average molecular weight is 295 g/mol. The molecule has 0 aliphatic heterocycles. The van der Waals surface area contributed by atoms with Gasteiger partial charge in [0.15, 0.2) is 0 Å². The van der Waals surface area contributed by atoms with E-state index < -0.39 is 4.92 Å². The number of hydrogen-bond acceptors (Lipinski definition) is 5. The number of non-ortho nitro benzene ring substituents is 1. The van der Waals surface area contributed by atoms with E-state index in [-0.39, 0.29) is 5.69 Å². The van der Waals surface area contributed by atoms with Gasteiger partial charge >= 0.3 is 0 Å². The zero-order chi connectivity index (χ0) is 15.5. The first-order chi connectivity index (χ1) is 10.6. The second kappa shape index (κ2) is 5.77.